The van der Waals surface area contributed by atoms with Gasteiger partial charge >= 0.3 is 19.4 Å². The number of nitrogen functional groups attached to an aromatic ring is 1. The monoisotopic (exact) mass is 552 g/mol. The third-order valence-electron chi connectivity index (χ3n) is 6.18. The second kappa shape index (κ2) is 10.2. The average Bonchev–Trinajstić information content (AvgIpc) is 3.38. The second-order valence-electron chi connectivity index (χ2n) is 9.54. The Hall–Kier alpha value is -3.09. The van der Waals surface area contributed by atoms with Crippen molar-refractivity contribution < 1.29 is 37.4 Å². The molecule has 0 radical (unpaired) electrons. The van der Waals surface area contributed by atoms with Gasteiger partial charge in [0, 0.05) is 17.2 Å². The number of para-hydroxylation sites is 1. The molecule has 38 heavy (non-hydrogen) atoms. The van der Waals surface area contributed by atoms with Gasteiger partial charge in [-0.15, -0.1) is 0 Å². The van der Waals surface area contributed by atoms with Crippen molar-refractivity contribution >= 4 is 25.2 Å². The fourth-order valence-corrected chi connectivity index (χ4v) is 5.89. The van der Waals surface area contributed by atoms with Crippen LogP contribution in [0.25, 0.3) is 5.70 Å². The van der Waals surface area contributed by atoms with Crippen LogP contribution in [0.15, 0.2) is 53.0 Å². The Bertz CT molecular complexity index is 1350. The van der Waals surface area contributed by atoms with Crippen LogP contribution >= 0.6 is 7.75 Å². The molecule has 4 rings (SSSR count). The van der Waals surface area contributed by atoms with E-state index < -0.39 is 62.1 Å². The van der Waals surface area contributed by atoms with E-state index in [4.69, 9.17) is 24.3 Å². The van der Waals surface area contributed by atoms with Crippen molar-refractivity contribution in [2.45, 2.75) is 51.8 Å². The number of benzene rings is 1. The molecule has 2 heterocycles. The standard InChI is InChI=1S/C24H30FN4O8P/c1-14(2)35-21(31)15(3)28-38(33,37-16-8-6-5-7-9-16)34-13-23(4)17(12-30)36-24(25)19(23)20(24)29-11-10-18(26)27-22(29)32/h5-11,14-15,17,30H,12-13H2,1-4H3,(H,28,33)(H2,26,27,32)/t15-,17+,23?,24?,38?/m0/s1. The number of alkyl halides is 1. The first-order valence-electron chi connectivity index (χ1n) is 11.9. The highest BCUT2D eigenvalue weighted by molar-refractivity contribution is 7.52. The van der Waals surface area contributed by atoms with Crippen LogP contribution in [0.5, 0.6) is 5.75 Å². The summed E-state index contributed by atoms with van der Waals surface area (Å²) in [5.41, 5.74) is 3.25. The van der Waals surface area contributed by atoms with E-state index in [-0.39, 0.29) is 22.8 Å². The zero-order chi connectivity index (χ0) is 27.9. The van der Waals surface area contributed by atoms with E-state index in [1.165, 1.54) is 26.1 Å². The molecule has 5 atom stereocenters. The molecule has 3 unspecified atom stereocenters. The maximum atomic E-state index is 15.8. The first-order chi connectivity index (χ1) is 17.8. The number of hydrogen-bond donors (Lipinski definition) is 3. The first-order valence-corrected chi connectivity index (χ1v) is 13.4. The van der Waals surface area contributed by atoms with Crippen LogP contribution in [-0.2, 0) is 23.4 Å². The smallest absolute Gasteiger partial charge is 0.459 e. The number of aliphatic hydroxyl groups is 1. The lowest BCUT2D eigenvalue weighted by atomic mass is 9.83. The van der Waals surface area contributed by atoms with Gasteiger partial charge in [0.05, 0.1) is 25.4 Å². The molecule has 14 heteroatoms. The van der Waals surface area contributed by atoms with E-state index in [0.29, 0.717) is 0 Å². The van der Waals surface area contributed by atoms with Gasteiger partial charge in [0.15, 0.2) is 0 Å². The number of halogens is 1. The maximum absolute atomic E-state index is 15.8. The van der Waals surface area contributed by atoms with Gasteiger partial charge < -0.3 is 24.8 Å². The number of aromatic nitrogens is 2. The topological polar surface area (TPSA) is 164 Å². The molecule has 206 valence electrons. The number of carbonyl (C=O) groups excluding carboxylic acids is 1. The summed E-state index contributed by atoms with van der Waals surface area (Å²) in [6, 6.07) is 8.35. The lowest BCUT2D eigenvalue weighted by molar-refractivity contribution is -0.149. The molecule has 0 spiro atoms. The predicted octanol–water partition coefficient (Wildman–Crippen LogP) is 2.25. The largest absolute Gasteiger partial charge is 0.462 e. The van der Waals surface area contributed by atoms with Gasteiger partial charge in [0.1, 0.15) is 23.3 Å². The van der Waals surface area contributed by atoms with Gasteiger partial charge in [-0.05, 0) is 39.0 Å². The van der Waals surface area contributed by atoms with Crippen molar-refractivity contribution in [3.8, 4) is 5.75 Å². The minimum absolute atomic E-state index is 0.0243. The highest BCUT2D eigenvalue weighted by Crippen LogP contribution is 2.67. The van der Waals surface area contributed by atoms with Crippen molar-refractivity contribution in [1.29, 1.82) is 0 Å². The normalized spacial score (nSPS) is 26.6. The van der Waals surface area contributed by atoms with Crippen LogP contribution in [0.4, 0.5) is 10.2 Å². The number of ether oxygens (including phenoxy) is 2. The van der Waals surface area contributed by atoms with Crippen LogP contribution in [-0.4, -0.2) is 57.9 Å². The summed E-state index contributed by atoms with van der Waals surface area (Å²) in [5.74, 6) is -3.00. The number of nitrogens with one attached hydrogen (secondary N) is 1. The van der Waals surface area contributed by atoms with Crippen LogP contribution in [0.3, 0.4) is 0 Å². The molecule has 2 aromatic rings. The number of anilines is 1. The van der Waals surface area contributed by atoms with E-state index >= 15 is 4.39 Å². The van der Waals surface area contributed by atoms with Gasteiger partial charge in [-0.2, -0.15) is 14.5 Å². The van der Waals surface area contributed by atoms with E-state index in [1.54, 1.807) is 44.2 Å². The third-order valence-corrected chi connectivity index (χ3v) is 7.80. The van der Waals surface area contributed by atoms with Gasteiger partial charge in [-0.3, -0.25) is 13.9 Å². The third kappa shape index (κ3) is 5.25. The SMILES string of the molecule is CC(C)OC(=O)[C@H](C)NP(=O)(OCC1(C)C2=C(n3ccc(N)nc3=O)C2(F)O[C@@H]1CO)Oc1ccccc1. The number of carbonyl (C=O) groups is 1. The Morgan fingerprint density at radius 1 is 1.32 bits per heavy atom. The van der Waals surface area contributed by atoms with Crippen molar-refractivity contribution in [1.82, 2.24) is 14.6 Å². The minimum atomic E-state index is -4.30. The zero-order valence-corrected chi connectivity index (χ0v) is 22.2. The molecule has 1 fully saturated rings. The molecule has 12 nitrogen and oxygen atoms in total. The van der Waals surface area contributed by atoms with Gasteiger partial charge in [-0.25, -0.2) is 9.36 Å². The van der Waals surface area contributed by atoms with Crippen molar-refractivity contribution in [3.05, 3.63) is 58.7 Å². The Balaban J connectivity index is 1.64. The van der Waals surface area contributed by atoms with E-state index in [0.717, 1.165) is 4.57 Å². The molecular weight excluding hydrogens is 522 g/mol. The number of nitrogens with two attached hydrogens (primary N) is 1. The van der Waals surface area contributed by atoms with E-state index in [2.05, 4.69) is 10.1 Å². The van der Waals surface area contributed by atoms with Crippen molar-refractivity contribution in [3.63, 3.8) is 0 Å². The average molecular weight is 552 g/mol. The Labute approximate surface area is 218 Å². The van der Waals surface area contributed by atoms with Crippen LogP contribution in [0.2, 0.25) is 0 Å². The summed E-state index contributed by atoms with van der Waals surface area (Å²) < 4.78 is 52.7. The van der Waals surface area contributed by atoms with Crippen LogP contribution < -0.4 is 21.0 Å². The number of hydrogen-bond acceptors (Lipinski definition) is 10. The zero-order valence-electron chi connectivity index (χ0n) is 21.3. The number of nitrogens with zero attached hydrogens (tertiary/aromatic N) is 2. The van der Waals surface area contributed by atoms with Crippen molar-refractivity contribution in [2.24, 2.45) is 5.41 Å². The number of fused-ring (bicyclic) bond motifs is 1. The van der Waals surface area contributed by atoms with Gasteiger partial charge in [-0.1, -0.05) is 25.1 Å². The molecule has 0 amide bonds. The molecule has 1 aromatic carbocycles. The summed E-state index contributed by atoms with van der Waals surface area (Å²) in [6.07, 6.45) is -0.249. The molecule has 1 saturated heterocycles. The Morgan fingerprint density at radius 3 is 2.61 bits per heavy atom. The fraction of sp³-hybridized carbons (Fsp3) is 0.458. The number of rotatable bonds is 11. The van der Waals surface area contributed by atoms with Gasteiger partial charge in [0.25, 0.3) is 5.85 Å². The number of aliphatic hydroxyl groups excluding tert-OH is 1. The summed E-state index contributed by atoms with van der Waals surface area (Å²) >= 11 is 0. The predicted molar refractivity (Wildman–Crippen MR) is 134 cm³/mol. The molecule has 1 aliphatic heterocycles. The molecule has 0 bridgehead atoms. The van der Waals surface area contributed by atoms with E-state index in [1.807, 2.05) is 0 Å². The molecule has 2 aliphatic rings. The fourth-order valence-electron chi connectivity index (χ4n) is 4.29. The Morgan fingerprint density at radius 2 is 2.00 bits per heavy atom. The van der Waals surface area contributed by atoms with Crippen LogP contribution in [0, 0.1) is 5.41 Å². The lowest BCUT2D eigenvalue weighted by Gasteiger charge is -2.31. The maximum Gasteiger partial charge on any atom is 0.459 e. The summed E-state index contributed by atoms with van der Waals surface area (Å²) in [6.45, 7) is 5.25. The summed E-state index contributed by atoms with van der Waals surface area (Å²) in [5, 5.41) is 12.5. The first kappa shape index (κ1) is 27.9. The van der Waals surface area contributed by atoms with Crippen LogP contribution in [0.1, 0.15) is 27.7 Å². The van der Waals surface area contributed by atoms with Crippen molar-refractivity contribution in [2.75, 3.05) is 18.9 Å². The van der Waals surface area contributed by atoms with Gasteiger partial charge in [0.2, 0.25) is 0 Å². The highest BCUT2D eigenvalue weighted by Gasteiger charge is 2.73. The summed E-state index contributed by atoms with van der Waals surface area (Å²) in [7, 11) is -4.30. The molecule has 1 aliphatic carbocycles. The molecule has 0 saturated carbocycles. The Kier molecular flexibility index (Phi) is 7.52. The quantitative estimate of drug-likeness (QED) is 0.277. The molecular formula is C24H30FN4O8P. The number of esters is 1. The van der Waals surface area contributed by atoms with E-state index in [9.17, 15) is 19.3 Å². The minimum Gasteiger partial charge on any atom is -0.462 e. The lowest BCUT2D eigenvalue weighted by Crippen LogP contribution is -2.40. The highest BCUT2D eigenvalue weighted by atomic mass is 31.2. The second-order valence-corrected chi connectivity index (χ2v) is 11.2. The summed E-state index contributed by atoms with van der Waals surface area (Å²) in [4.78, 5) is 28.4. The molecule has 4 N–H and O–H groups in total. The molecule has 1 aromatic heterocycles.